The van der Waals surface area contributed by atoms with E-state index in [2.05, 4.69) is 22.6 Å². The van der Waals surface area contributed by atoms with Crippen molar-refractivity contribution in [1.29, 1.82) is 0 Å². The zero-order valence-electron chi connectivity index (χ0n) is 18.4. The Morgan fingerprint density at radius 3 is 2.62 bits per heavy atom. The first-order valence-electron chi connectivity index (χ1n) is 11.0. The van der Waals surface area contributed by atoms with Crippen LogP contribution in [-0.4, -0.2) is 21.6 Å². The zero-order valence-corrected chi connectivity index (χ0v) is 18.4. The van der Waals surface area contributed by atoms with Crippen molar-refractivity contribution in [3.8, 4) is 11.1 Å². The molecule has 4 nitrogen and oxygen atoms in total. The number of hydrogen-bond donors (Lipinski definition) is 1. The summed E-state index contributed by atoms with van der Waals surface area (Å²) in [6.45, 7) is 5.71. The standard InChI is InChI=1S/C26H25F2N3O/c1-14(2)25-18(26(32)29-21-12-10-16-6-4-7-17(16)21)11-13-22-23(15(3)30-31(22)25)24-19(27)8-5-9-20(24)28/h4-5,7-9,11,13-14,21H,6,10,12H2,1-3H3,(H,29,32). The SMILES string of the molecule is Cc1nn2c(C(C)C)c(C(=O)NC3CCC4=C3C=CC4)ccc2c1-c1c(F)cccc1F. The quantitative estimate of drug-likeness (QED) is 0.560. The maximum atomic E-state index is 14.6. The van der Waals surface area contributed by atoms with Crippen LogP contribution in [0.15, 0.2) is 53.6 Å². The van der Waals surface area contributed by atoms with Crippen LogP contribution in [0, 0.1) is 18.6 Å². The minimum atomic E-state index is -0.633. The lowest BCUT2D eigenvalue weighted by molar-refractivity contribution is 0.0941. The molecule has 1 atom stereocenters. The number of hydrogen-bond acceptors (Lipinski definition) is 2. The summed E-state index contributed by atoms with van der Waals surface area (Å²) >= 11 is 0. The Morgan fingerprint density at radius 2 is 1.91 bits per heavy atom. The maximum Gasteiger partial charge on any atom is 0.253 e. The van der Waals surface area contributed by atoms with E-state index in [1.54, 1.807) is 23.6 Å². The molecule has 0 saturated heterocycles. The van der Waals surface area contributed by atoms with E-state index in [4.69, 9.17) is 0 Å². The van der Waals surface area contributed by atoms with E-state index < -0.39 is 11.6 Å². The minimum absolute atomic E-state index is 0.0226. The van der Waals surface area contributed by atoms with Crippen molar-refractivity contribution in [2.45, 2.75) is 52.0 Å². The van der Waals surface area contributed by atoms with E-state index in [9.17, 15) is 13.6 Å². The maximum absolute atomic E-state index is 14.6. The molecular formula is C26H25F2N3O. The van der Waals surface area contributed by atoms with Gasteiger partial charge in [-0.2, -0.15) is 5.10 Å². The first-order valence-corrected chi connectivity index (χ1v) is 11.0. The van der Waals surface area contributed by atoms with Crippen LogP contribution in [0.1, 0.15) is 60.8 Å². The predicted octanol–water partition coefficient (Wildman–Crippen LogP) is 5.86. The molecule has 0 saturated carbocycles. The molecule has 2 aromatic heterocycles. The van der Waals surface area contributed by atoms with Crippen LogP contribution in [-0.2, 0) is 0 Å². The van der Waals surface area contributed by atoms with Gasteiger partial charge in [-0.25, -0.2) is 13.3 Å². The molecule has 0 radical (unpaired) electrons. The summed E-state index contributed by atoms with van der Waals surface area (Å²) in [5.74, 6) is -1.44. The highest BCUT2D eigenvalue weighted by Gasteiger charge is 2.29. The van der Waals surface area contributed by atoms with Crippen molar-refractivity contribution in [2.75, 3.05) is 0 Å². The van der Waals surface area contributed by atoms with Gasteiger partial charge in [0.1, 0.15) is 11.6 Å². The molecule has 2 aliphatic rings. The molecule has 3 aromatic rings. The molecule has 1 aromatic carbocycles. The Balaban J connectivity index is 1.61. The number of carbonyl (C=O) groups excluding carboxylic acids is 1. The molecule has 0 bridgehead atoms. The fourth-order valence-corrected chi connectivity index (χ4v) is 5.07. The monoisotopic (exact) mass is 433 g/mol. The van der Waals surface area contributed by atoms with Crippen molar-refractivity contribution in [2.24, 2.45) is 0 Å². The van der Waals surface area contributed by atoms with Crippen molar-refractivity contribution in [3.05, 3.63) is 82.2 Å². The largest absolute Gasteiger partial charge is 0.345 e. The molecular weight excluding hydrogens is 408 g/mol. The molecule has 0 fully saturated rings. The van der Waals surface area contributed by atoms with Gasteiger partial charge in [-0.15, -0.1) is 0 Å². The number of benzene rings is 1. The number of amides is 1. The molecule has 32 heavy (non-hydrogen) atoms. The number of pyridine rings is 1. The fourth-order valence-electron chi connectivity index (χ4n) is 5.07. The van der Waals surface area contributed by atoms with Crippen LogP contribution in [0.2, 0.25) is 0 Å². The number of fused-ring (bicyclic) bond motifs is 1. The highest BCUT2D eigenvalue weighted by Crippen LogP contribution is 2.36. The summed E-state index contributed by atoms with van der Waals surface area (Å²) in [4.78, 5) is 13.3. The summed E-state index contributed by atoms with van der Waals surface area (Å²) in [7, 11) is 0. The van der Waals surface area contributed by atoms with Gasteiger partial charge in [-0.1, -0.05) is 37.6 Å². The van der Waals surface area contributed by atoms with E-state index in [0.717, 1.165) is 25.0 Å². The number of rotatable bonds is 4. The van der Waals surface area contributed by atoms with Gasteiger partial charge in [0.05, 0.1) is 34.1 Å². The van der Waals surface area contributed by atoms with E-state index in [0.29, 0.717) is 22.3 Å². The normalized spacial score (nSPS) is 17.6. The highest BCUT2D eigenvalue weighted by molar-refractivity contribution is 5.97. The number of aryl methyl sites for hydroxylation is 1. The van der Waals surface area contributed by atoms with Crippen LogP contribution in [0.5, 0.6) is 0 Å². The molecule has 0 spiro atoms. The smallest absolute Gasteiger partial charge is 0.253 e. The zero-order chi connectivity index (χ0) is 22.6. The van der Waals surface area contributed by atoms with Gasteiger partial charge >= 0.3 is 0 Å². The molecule has 164 valence electrons. The lowest BCUT2D eigenvalue weighted by Gasteiger charge is -2.19. The molecule has 5 rings (SSSR count). The topological polar surface area (TPSA) is 46.4 Å². The van der Waals surface area contributed by atoms with Crippen LogP contribution in [0.4, 0.5) is 8.78 Å². The molecule has 2 heterocycles. The van der Waals surface area contributed by atoms with Crippen molar-refractivity contribution < 1.29 is 13.6 Å². The van der Waals surface area contributed by atoms with Gasteiger partial charge < -0.3 is 5.32 Å². The second-order valence-electron chi connectivity index (χ2n) is 8.87. The van der Waals surface area contributed by atoms with Gasteiger partial charge in [-0.3, -0.25) is 4.79 Å². The van der Waals surface area contributed by atoms with Gasteiger partial charge in [-0.05, 0) is 61.9 Å². The van der Waals surface area contributed by atoms with E-state index in [1.165, 1.54) is 29.3 Å². The summed E-state index contributed by atoms with van der Waals surface area (Å²) < 4.78 is 30.8. The Kier molecular flexibility index (Phi) is 4.96. The molecule has 1 N–H and O–H groups in total. The number of nitrogens with zero attached hydrogens (tertiary/aromatic N) is 2. The van der Waals surface area contributed by atoms with E-state index in [1.807, 2.05) is 13.8 Å². The molecule has 1 unspecified atom stereocenters. The van der Waals surface area contributed by atoms with Crippen LogP contribution in [0.25, 0.3) is 16.6 Å². The summed E-state index contributed by atoms with van der Waals surface area (Å²) in [5.41, 5.74) is 5.31. The van der Waals surface area contributed by atoms with Gasteiger partial charge in [0.2, 0.25) is 0 Å². The second-order valence-corrected chi connectivity index (χ2v) is 8.87. The minimum Gasteiger partial charge on any atom is -0.345 e. The van der Waals surface area contributed by atoms with E-state index >= 15 is 0 Å². The third-order valence-corrected chi connectivity index (χ3v) is 6.50. The van der Waals surface area contributed by atoms with Crippen LogP contribution < -0.4 is 5.32 Å². The highest BCUT2D eigenvalue weighted by atomic mass is 19.1. The average molecular weight is 434 g/mol. The summed E-state index contributed by atoms with van der Waals surface area (Å²) in [5, 5.41) is 7.79. The summed E-state index contributed by atoms with van der Waals surface area (Å²) in [6.07, 6.45) is 7.17. The van der Waals surface area contributed by atoms with Crippen molar-refractivity contribution in [1.82, 2.24) is 14.9 Å². The third-order valence-electron chi connectivity index (χ3n) is 6.50. The molecule has 2 aliphatic carbocycles. The third kappa shape index (κ3) is 3.17. The van der Waals surface area contributed by atoms with Crippen LogP contribution >= 0.6 is 0 Å². The first-order chi connectivity index (χ1) is 15.4. The van der Waals surface area contributed by atoms with Crippen molar-refractivity contribution >= 4 is 11.4 Å². The van der Waals surface area contributed by atoms with Gasteiger partial charge in [0.25, 0.3) is 5.91 Å². The number of carbonyl (C=O) groups is 1. The molecule has 6 heteroatoms. The summed E-state index contributed by atoms with van der Waals surface area (Å²) in [6, 6.07) is 7.34. The number of halogens is 2. The van der Waals surface area contributed by atoms with Crippen LogP contribution in [0.3, 0.4) is 0 Å². The Morgan fingerprint density at radius 1 is 1.16 bits per heavy atom. The number of aromatic nitrogens is 2. The van der Waals surface area contributed by atoms with Crippen molar-refractivity contribution in [3.63, 3.8) is 0 Å². The lowest BCUT2D eigenvalue weighted by Crippen LogP contribution is -2.35. The average Bonchev–Trinajstić information content (AvgIpc) is 3.43. The Hall–Kier alpha value is -3.28. The fraction of sp³-hybridized carbons (Fsp3) is 0.308. The number of allylic oxidation sites excluding steroid dienone is 2. The second kappa shape index (κ2) is 7.69. The Labute approximate surface area is 185 Å². The number of nitrogens with one attached hydrogen (secondary N) is 1. The first kappa shape index (κ1) is 20.6. The van der Waals surface area contributed by atoms with Gasteiger partial charge in [0.15, 0.2) is 0 Å². The Bertz CT molecular complexity index is 1300. The van der Waals surface area contributed by atoms with Gasteiger partial charge in [0, 0.05) is 5.56 Å². The molecule has 1 amide bonds. The molecule has 0 aliphatic heterocycles. The van der Waals surface area contributed by atoms with E-state index in [-0.39, 0.29) is 23.4 Å². The predicted molar refractivity (Wildman–Crippen MR) is 121 cm³/mol. The lowest BCUT2D eigenvalue weighted by atomic mass is 9.99.